The number of rotatable bonds is 0. The van der Waals surface area contributed by atoms with Crippen LogP contribution in [0.4, 0.5) is 0 Å². The maximum atomic E-state index is 8.96. The zero-order valence-electron chi connectivity index (χ0n) is 6.91. The summed E-state index contributed by atoms with van der Waals surface area (Å²) in [5.74, 6) is 0. The first-order chi connectivity index (χ1) is 6.77. The summed E-state index contributed by atoms with van der Waals surface area (Å²) in [5, 5.41) is 20.8. The van der Waals surface area contributed by atoms with Crippen molar-refractivity contribution in [1.82, 2.24) is 0 Å². The largest absolute Gasteiger partial charge is 0.192 e. The molecule has 4 heteroatoms. The molecule has 2 nitrogen and oxygen atoms in total. The van der Waals surface area contributed by atoms with E-state index in [9.17, 15) is 0 Å². The van der Waals surface area contributed by atoms with Gasteiger partial charge in [0.1, 0.15) is 12.1 Å². The molecule has 2 aromatic rings. The van der Waals surface area contributed by atoms with E-state index in [1.807, 2.05) is 17.5 Å². The van der Waals surface area contributed by atoms with E-state index in [0.717, 1.165) is 13.7 Å². The predicted octanol–water partition coefficient (Wildman–Crippen LogP) is 3.25. The SMILES string of the molecule is N#Cc1cc(I)c2ccsc2c1C#N. The lowest BCUT2D eigenvalue weighted by Crippen LogP contribution is -1.86. The first kappa shape index (κ1) is 9.45. The second-order valence-electron chi connectivity index (χ2n) is 2.67. The number of nitrogens with zero attached hydrogens (tertiary/aromatic N) is 2. The van der Waals surface area contributed by atoms with Crippen LogP contribution in [-0.2, 0) is 0 Å². The highest BCUT2D eigenvalue weighted by Gasteiger charge is 2.11. The molecule has 1 aromatic carbocycles. The van der Waals surface area contributed by atoms with Crippen molar-refractivity contribution in [2.24, 2.45) is 0 Å². The Balaban J connectivity index is 3.00. The molecule has 0 aliphatic carbocycles. The molecule has 0 unspecified atom stereocenters. The van der Waals surface area contributed by atoms with Gasteiger partial charge in [0.25, 0.3) is 0 Å². The fourth-order valence-electron chi connectivity index (χ4n) is 1.29. The molecule has 0 bridgehead atoms. The minimum atomic E-state index is 0.465. The molecule has 1 heterocycles. The normalized spacial score (nSPS) is 9.64. The van der Waals surface area contributed by atoms with Gasteiger partial charge >= 0.3 is 0 Å². The Kier molecular flexibility index (Phi) is 2.40. The van der Waals surface area contributed by atoms with Crippen LogP contribution in [0.25, 0.3) is 10.1 Å². The minimum Gasteiger partial charge on any atom is -0.192 e. The molecular formula is C10H3IN2S. The van der Waals surface area contributed by atoms with E-state index in [1.165, 1.54) is 11.3 Å². The standard InChI is InChI=1S/C10H3IN2S/c11-9-3-6(4-12)8(5-13)10-7(9)1-2-14-10/h1-3H. The molecule has 0 aliphatic heterocycles. The van der Waals surface area contributed by atoms with Crippen LogP contribution in [0.5, 0.6) is 0 Å². The summed E-state index contributed by atoms with van der Waals surface area (Å²) in [6.07, 6.45) is 0. The second-order valence-corrected chi connectivity index (χ2v) is 4.75. The van der Waals surface area contributed by atoms with E-state index < -0.39 is 0 Å². The number of thiophene rings is 1. The van der Waals surface area contributed by atoms with Crippen molar-refractivity contribution < 1.29 is 0 Å². The smallest absolute Gasteiger partial charge is 0.102 e. The lowest BCUT2D eigenvalue weighted by Gasteiger charge is -1.98. The highest BCUT2D eigenvalue weighted by molar-refractivity contribution is 14.1. The fourth-order valence-corrected chi connectivity index (χ4v) is 3.15. The van der Waals surface area contributed by atoms with E-state index in [2.05, 4.69) is 28.7 Å². The summed E-state index contributed by atoms with van der Waals surface area (Å²) in [6, 6.07) is 7.87. The summed E-state index contributed by atoms with van der Waals surface area (Å²) in [4.78, 5) is 0. The molecule has 2 rings (SSSR count). The Labute approximate surface area is 98.5 Å². The number of halogens is 1. The third-order valence-electron chi connectivity index (χ3n) is 1.92. The number of benzene rings is 1. The Bertz CT molecular complexity index is 586. The molecule has 66 valence electrons. The summed E-state index contributed by atoms with van der Waals surface area (Å²) in [5.41, 5.74) is 0.963. The summed E-state index contributed by atoms with van der Waals surface area (Å²) >= 11 is 3.69. The average Bonchev–Trinajstić information content (AvgIpc) is 2.66. The maximum absolute atomic E-state index is 8.96. The van der Waals surface area contributed by atoms with Gasteiger partial charge in [-0.15, -0.1) is 11.3 Å². The van der Waals surface area contributed by atoms with Gasteiger partial charge in [-0.25, -0.2) is 0 Å². The number of hydrogen-bond acceptors (Lipinski definition) is 3. The molecule has 0 amide bonds. The van der Waals surface area contributed by atoms with E-state index in [0.29, 0.717) is 11.1 Å². The van der Waals surface area contributed by atoms with Gasteiger partial charge in [0.2, 0.25) is 0 Å². The third kappa shape index (κ3) is 1.28. The molecule has 0 saturated carbocycles. The van der Waals surface area contributed by atoms with Gasteiger partial charge in [0, 0.05) is 8.96 Å². The van der Waals surface area contributed by atoms with Crippen LogP contribution in [-0.4, -0.2) is 0 Å². The summed E-state index contributed by atoms with van der Waals surface area (Å²) in [7, 11) is 0. The molecule has 0 saturated heterocycles. The van der Waals surface area contributed by atoms with Gasteiger partial charge in [-0.3, -0.25) is 0 Å². The van der Waals surface area contributed by atoms with Gasteiger partial charge in [0.05, 0.1) is 15.8 Å². The van der Waals surface area contributed by atoms with Gasteiger partial charge in [-0.05, 0) is 40.1 Å². The Morgan fingerprint density at radius 2 is 2.07 bits per heavy atom. The van der Waals surface area contributed by atoms with Crippen molar-refractivity contribution in [3.05, 3.63) is 32.2 Å². The van der Waals surface area contributed by atoms with Crippen molar-refractivity contribution in [2.45, 2.75) is 0 Å². The van der Waals surface area contributed by atoms with Crippen LogP contribution >= 0.6 is 33.9 Å². The van der Waals surface area contributed by atoms with Crippen molar-refractivity contribution in [3.63, 3.8) is 0 Å². The minimum absolute atomic E-state index is 0.465. The van der Waals surface area contributed by atoms with Crippen molar-refractivity contribution >= 4 is 44.0 Å². The fraction of sp³-hybridized carbons (Fsp3) is 0. The number of fused-ring (bicyclic) bond motifs is 1. The molecule has 0 aliphatic rings. The summed E-state index contributed by atoms with van der Waals surface area (Å²) < 4.78 is 1.94. The second kappa shape index (κ2) is 3.56. The molecule has 0 N–H and O–H groups in total. The zero-order valence-corrected chi connectivity index (χ0v) is 9.89. The highest BCUT2D eigenvalue weighted by atomic mass is 127. The molecular weight excluding hydrogens is 307 g/mol. The number of nitriles is 2. The Morgan fingerprint density at radius 1 is 1.29 bits per heavy atom. The van der Waals surface area contributed by atoms with Crippen LogP contribution in [0.15, 0.2) is 17.5 Å². The zero-order chi connectivity index (χ0) is 10.1. The molecule has 0 fully saturated rings. The van der Waals surface area contributed by atoms with Gasteiger partial charge in [0.15, 0.2) is 0 Å². The van der Waals surface area contributed by atoms with Crippen molar-refractivity contribution in [1.29, 1.82) is 10.5 Å². The highest BCUT2D eigenvalue weighted by Crippen LogP contribution is 2.30. The quantitative estimate of drug-likeness (QED) is 0.701. The van der Waals surface area contributed by atoms with E-state index >= 15 is 0 Å². The van der Waals surface area contributed by atoms with E-state index in [4.69, 9.17) is 10.5 Å². The molecule has 1 aromatic heterocycles. The van der Waals surface area contributed by atoms with Crippen LogP contribution in [0.2, 0.25) is 0 Å². The third-order valence-corrected chi connectivity index (χ3v) is 3.75. The lowest BCUT2D eigenvalue weighted by atomic mass is 10.1. The van der Waals surface area contributed by atoms with Gasteiger partial charge in [-0.2, -0.15) is 10.5 Å². The summed E-state index contributed by atoms with van der Waals surface area (Å²) in [6.45, 7) is 0. The Morgan fingerprint density at radius 3 is 2.71 bits per heavy atom. The molecule has 0 spiro atoms. The van der Waals surface area contributed by atoms with Crippen molar-refractivity contribution in [2.75, 3.05) is 0 Å². The average molecular weight is 310 g/mol. The van der Waals surface area contributed by atoms with E-state index in [1.54, 1.807) is 6.07 Å². The van der Waals surface area contributed by atoms with Crippen LogP contribution in [0.3, 0.4) is 0 Å². The molecule has 0 radical (unpaired) electrons. The van der Waals surface area contributed by atoms with Crippen LogP contribution in [0, 0.1) is 26.2 Å². The topological polar surface area (TPSA) is 47.6 Å². The molecule has 0 atom stereocenters. The lowest BCUT2D eigenvalue weighted by molar-refractivity contribution is 1.45. The van der Waals surface area contributed by atoms with E-state index in [-0.39, 0.29) is 0 Å². The van der Waals surface area contributed by atoms with Gasteiger partial charge < -0.3 is 0 Å². The first-order valence-corrected chi connectivity index (χ1v) is 5.73. The predicted molar refractivity (Wildman–Crippen MR) is 64.0 cm³/mol. The van der Waals surface area contributed by atoms with Crippen molar-refractivity contribution in [3.8, 4) is 12.1 Å². The van der Waals surface area contributed by atoms with Crippen LogP contribution < -0.4 is 0 Å². The first-order valence-electron chi connectivity index (χ1n) is 3.78. The number of hydrogen-bond donors (Lipinski definition) is 0. The van der Waals surface area contributed by atoms with Crippen LogP contribution in [0.1, 0.15) is 11.1 Å². The Hall–Kier alpha value is -1.11. The molecule has 14 heavy (non-hydrogen) atoms. The monoisotopic (exact) mass is 310 g/mol. The maximum Gasteiger partial charge on any atom is 0.102 e. The van der Waals surface area contributed by atoms with Gasteiger partial charge in [-0.1, -0.05) is 0 Å².